The van der Waals surface area contributed by atoms with Gasteiger partial charge in [0, 0.05) is 18.4 Å². The van der Waals surface area contributed by atoms with E-state index in [0.29, 0.717) is 10.2 Å². The summed E-state index contributed by atoms with van der Waals surface area (Å²) in [5, 5.41) is 2.68. The van der Waals surface area contributed by atoms with Gasteiger partial charge in [-0.05, 0) is 6.42 Å². The van der Waals surface area contributed by atoms with Gasteiger partial charge in [0.05, 0.1) is 22.0 Å². The zero-order chi connectivity index (χ0) is 18.4. The van der Waals surface area contributed by atoms with Crippen LogP contribution in [0.15, 0.2) is 12.1 Å². The molecule has 1 aromatic heterocycles. The van der Waals surface area contributed by atoms with Crippen LogP contribution in [0.4, 0.5) is 13.9 Å². The van der Waals surface area contributed by atoms with Gasteiger partial charge in [0.25, 0.3) is 0 Å². The lowest BCUT2D eigenvalue weighted by Crippen LogP contribution is -2.37. The molecule has 1 atom stereocenters. The van der Waals surface area contributed by atoms with Crippen molar-refractivity contribution in [3.63, 3.8) is 0 Å². The number of aromatic nitrogens is 1. The lowest BCUT2D eigenvalue weighted by Gasteiger charge is -2.09. The molecule has 25 heavy (non-hydrogen) atoms. The monoisotopic (exact) mass is 393 g/mol. The van der Waals surface area contributed by atoms with Gasteiger partial charge in [-0.15, -0.1) is 8.78 Å². The van der Waals surface area contributed by atoms with Crippen molar-refractivity contribution >= 4 is 42.4 Å². The molecule has 0 aliphatic carbocycles. The summed E-state index contributed by atoms with van der Waals surface area (Å²) in [6.45, 7) is 0. The molecule has 12 heteroatoms. The van der Waals surface area contributed by atoms with Crippen molar-refractivity contribution in [2.24, 2.45) is 5.73 Å². The normalized spacial score (nSPS) is 16.8. The SMILES string of the molecule is CS(=O)(=O)CCC(N)C(=O)Nc1nc2cc3c(cc2s1)OC(F)(F)O3. The Bertz CT molecular complexity index is 900. The predicted octanol–water partition coefficient (Wildman–Crippen LogP) is 1.32. The van der Waals surface area contributed by atoms with Crippen molar-refractivity contribution in [2.75, 3.05) is 17.3 Å². The van der Waals surface area contributed by atoms with Crippen LogP contribution in [0, 0.1) is 0 Å². The van der Waals surface area contributed by atoms with Crippen LogP contribution >= 0.6 is 11.3 Å². The van der Waals surface area contributed by atoms with Crippen molar-refractivity contribution in [1.29, 1.82) is 0 Å². The molecule has 3 N–H and O–H groups in total. The molecule has 3 rings (SSSR count). The van der Waals surface area contributed by atoms with Gasteiger partial charge in [-0.25, -0.2) is 13.4 Å². The molecule has 1 aromatic carbocycles. The number of sulfone groups is 1. The second kappa shape index (κ2) is 6.04. The van der Waals surface area contributed by atoms with E-state index in [0.717, 1.165) is 17.6 Å². The Morgan fingerprint density at radius 1 is 1.40 bits per heavy atom. The molecule has 0 fully saturated rings. The van der Waals surface area contributed by atoms with Gasteiger partial charge in [0.2, 0.25) is 5.91 Å². The van der Waals surface area contributed by atoms with Crippen molar-refractivity contribution in [2.45, 2.75) is 18.8 Å². The topological polar surface area (TPSA) is 121 Å². The summed E-state index contributed by atoms with van der Waals surface area (Å²) in [4.78, 5) is 16.1. The molecular formula is C13H13F2N3O5S2. The van der Waals surface area contributed by atoms with Gasteiger partial charge in [0.1, 0.15) is 9.84 Å². The van der Waals surface area contributed by atoms with E-state index >= 15 is 0 Å². The summed E-state index contributed by atoms with van der Waals surface area (Å²) in [6, 6.07) is 1.60. The number of fused-ring (bicyclic) bond motifs is 2. The largest absolute Gasteiger partial charge is 0.586 e. The molecule has 8 nitrogen and oxygen atoms in total. The number of carbonyl (C=O) groups is 1. The standard InChI is InChI=1S/C13H13F2N3O5S2/c1-25(20,21)3-2-6(16)11(19)18-12-17-7-4-8-9(5-10(7)24-12)23-13(14,15)22-8/h4-6H,2-3,16H2,1H3,(H,17,18,19). The highest BCUT2D eigenvalue weighted by molar-refractivity contribution is 7.90. The highest BCUT2D eigenvalue weighted by atomic mass is 32.2. The lowest BCUT2D eigenvalue weighted by molar-refractivity contribution is -0.286. The van der Waals surface area contributed by atoms with Gasteiger partial charge in [-0.3, -0.25) is 4.79 Å². The maximum absolute atomic E-state index is 13.0. The van der Waals surface area contributed by atoms with Gasteiger partial charge >= 0.3 is 6.29 Å². The van der Waals surface area contributed by atoms with Crippen LogP contribution in [-0.4, -0.2) is 43.7 Å². The van der Waals surface area contributed by atoms with Crippen LogP contribution in [0.3, 0.4) is 0 Å². The zero-order valence-electron chi connectivity index (χ0n) is 12.8. The van der Waals surface area contributed by atoms with Crippen LogP contribution in [0.2, 0.25) is 0 Å². The van der Waals surface area contributed by atoms with Gasteiger partial charge in [-0.2, -0.15) is 0 Å². The quantitative estimate of drug-likeness (QED) is 0.786. The Kier molecular flexibility index (Phi) is 4.29. The second-order valence-electron chi connectivity index (χ2n) is 5.47. The first-order valence-corrected chi connectivity index (χ1v) is 9.85. The predicted molar refractivity (Wildman–Crippen MR) is 86.8 cm³/mol. The first-order valence-electron chi connectivity index (χ1n) is 6.97. The third kappa shape index (κ3) is 4.14. The maximum Gasteiger partial charge on any atom is 0.586 e. The lowest BCUT2D eigenvalue weighted by atomic mass is 10.2. The van der Waals surface area contributed by atoms with Crippen LogP contribution in [0.5, 0.6) is 11.5 Å². The minimum absolute atomic E-state index is 0.0272. The summed E-state index contributed by atoms with van der Waals surface area (Å²) in [7, 11) is -3.22. The van der Waals surface area contributed by atoms with Crippen LogP contribution in [-0.2, 0) is 14.6 Å². The summed E-state index contributed by atoms with van der Waals surface area (Å²) < 4.78 is 57.4. The van der Waals surface area contributed by atoms with Crippen LogP contribution < -0.4 is 20.5 Å². The van der Waals surface area contributed by atoms with E-state index in [1.165, 1.54) is 12.1 Å². The maximum atomic E-state index is 13.0. The number of benzene rings is 1. The van der Waals surface area contributed by atoms with E-state index in [4.69, 9.17) is 5.73 Å². The van der Waals surface area contributed by atoms with Crippen LogP contribution in [0.1, 0.15) is 6.42 Å². The number of thiazole rings is 1. The van der Waals surface area contributed by atoms with Gasteiger partial charge in [0.15, 0.2) is 16.6 Å². The van der Waals surface area contributed by atoms with Gasteiger partial charge in [-0.1, -0.05) is 11.3 Å². The summed E-state index contributed by atoms with van der Waals surface area (Å²) in [6.07, 6.45) is -2.69. The molecule has 1 aliphatic heterocycles. The third-order valence-corrected chi connectivity index (χ3v) is 5.19. The number of anilines is 1. The highest BCUT2D eigenvalue weighted by Gasteiger charge is 2.43. The zero-order valence-corrected chi connectivity index (χ0v) is 14.4. The molecule has 0 bridgehead atoms. The van der Waals surface area contributed by atoms with Crippen molar-refractivity contribution in [3.8, 4) is 11.5 Å². The molecule has 1 amide bonds. The first-order chi connectivity index (χ1) is 11.5. The van der Waals surface area contributed by atoms with Gasteiger partial charge < -0.3 is 20.5 Å². The fraction of sp³-hybridized carbons (Fsp3) is 0.385. The number of nitrogens with two attached hydrogens (primary N) is 1. The number of nitrogens with one attached hydrogen (secondary N) is 1. The van der Waals surface area contributed by atoms with E-state index in [1.54, 1.807) is 0 Å². The molecule has 1 aliphatic rings. The third-order valence-electron chi connectivity index (χ3n) is 3.28. The number of nitrogens with zero attached hydrogens (tertiary/aromatic N) is 1. The highest BCUT2D eigenvalue weighted by Crippen LogP contribution is 2.44. The molecule has 0 saturated carbocycles. The number of carbonyl (C=O) groups excluding carboxylic acids is 1. The Labute approximate surface area is 144 Å². The number of amides is 1. The Balaban J connectivity index is 1.72. The first kappa shape index (κ1) is 17.8. The van der Waals surface area contributed by atoms with Crippen molar-refractivity contribution in [1.82, 2.24) is 4.98 Å². The molecule has 136 valence electrons. The molecule has 2 heterocycles. The minimum atomic E-state index is -3.71. The number of rotatable bonds is 5. The molecule has 0 spiro atoms. The number of halogens is 2. The fourth-order valence-electron chi connectivity index (χ4n) is 2.10. The number of alkyl halides is 2. The van der Waals surface area contributed by atoms with E-state index in [2.05, 4.69) is 19.8 Å². The van der Waals surface area contributed by atoms with Crippen molar-refractivity contribution < 1.29 is 31.5 Å². The Hall–Kier alpha value is -2.05. The molecular weight excluding hydrogens is 380 g/mol. The molecule has 2 aromatic rings. The van der Waals surface area contributed by atoms with E-state index < -0.39 is 28.1 Å². The Morgan fingerprint density at radius 3 is 2.68 bits per heavy atom. The molecule has 1 unspecified atom stereocenters. The van der Waals surface area contributed by atoms with Crippen LogP contribution in [0.25, 0.3) is 10.2 Å². The van der Waals surface area contributed by atoms with Crippen molar-refractivity contribution in [3.05, 3.63) is 12.1 Å². The summed E-state index contributed by atoms with van der Waals surface area (Å²) in [5.74, 6) is -1.07. The van der Waals surface area contributed by atoms with E-state index in [1.807, 2.05) is 0 Å². The number of hydrogen-bond donors (Lipinski definition) is 2. The number of hydrogen-bond acceptors (Lipinski definition) is 8. The van der Waals surface area contributed by atoms with E-state index in [-0.39, 0.29) is 28.8 Å². The fourth-order valence-corrected chi connectivity index (χ4v) is 3.66. The second-order valence-corrected chi connectivity index (χ2v) is 8.76. The smallest absolute Gasteiger partial charge is 0.395 e. The molecule has 0 saturated heterocycles. The molecule has 0 radical (unpaired) electrons. The Morgan fingerprint density at radius 2 is 2.04 bits per heavy atom. The minimum Gasteiger partial charge on any atom is -0.395 e. The summed E-state index contributed by atoms with van der Waals surface area (Å²) >= 11 is 1.04. The van der Waals surface area contributed by atoms with E-state index in [9.17, 15) is 22.0 Å². The average Bonchev–Trinajstić information content (AvgIpc) is 2.97. The summed E-state index contributed by atoms with van der Waals surface area (Å²) in [5.41, 5.74) is 5.99. The number of ether oxygens (including phenoxy) is 2. The average molecular weight is 393 g/mol.